The average Bonchev–Trinajstić information content (AvgIpc) is 2.75. The zero-order chi connectivity index (χ0) is 21.8. The van der Waals surface area contributed by atoms with E-state index < -0.39 is 11.7 Å². The largest absolute Gasteiger partial charge is 0.439 e. The van der Waals surface area contributed by atoms with E-state index in [1.54, 1.807) is 18.5 Å². The van der Waals surface area contributed by atoms with Crippen molar-refractivity contribution in [2.24, 2.45) is 0 Å². The number of nitrogens with zero attached hydrogens (tertiary/aromatic N) is 5. The predicted octanol–water partition coefficient (Wildman–Crippen LogP) is 4.59. The summed E-state index contributed by atoms with van der Waals surface area (Å²) in [6.45, 7) is 2.48. The lowest BCUT2D eigenvalue weighted by Gasteiger charge is -2.11. The summed E-state index contributed by atoms with van der Waals surface area (Å²) in [6, 6.07) is 7.77. The number of aromatic nitrogens is 5. The van der Waals surface area contributed by atoms with Gasteiger partial charge in [0.15, 0.2) is 11.5 Å². The molecule has 3 aromatic heterocycles. The highest BCUT2D eigenvalue weighted by atomic mass is 19.4. The number of ether oxygens (including phenoxy) is 1. The van der Waals surface area contributed by atoms with Gasteiger partial charge in [-0.25, -0.2) is 24.9 Å². The Bertz CT molecular complexity index is 1190. The number of hydrogen-bond acceptors (Lipinski definition) is 7. The first-order chi connectivity index (χ1) is 14.9. The number of fused-ring (bicyclic) bond motifs is 1. The Morgan fingerprint density at radius 1 is 0.968 bits per heavy atom. The van der Waals surface area contributed by atoms with E-state index in [1.807, 2.05) is 19.1 Å². The van der Waals surface area contributed by atoms with Gasteiger partial charge in [0.25, 0.3) is 0 Å². The van der Waals surface area contributed by atoms with Gasteiger partial charge in [0.2, 0.25) is 5.88 Å². The van der Waals surface area contributed by atoms with Crippen molar-refractivity contribution >= 4 is 17.0 Å². The van der Waals surface area contributed by atoms with Crippen LogP contribution in [-0.2, 0) is 12.6 Å². The molecule has 1 aromatic carbocycles. The monoisotopic (exact) mass is 426 g/mol. The number of anilines is 1. The summed E-state index contributed by atoms with van der Waals surface area (Å²) < 4.78 is 43.6. The van der Waals surface area contributed by atoms with Crippen LogP contribution < -0.4 is 10.1 Å². The van der Waals surface area contributed by atoms with Crippen molar-refractivity contribution in [3.8, 4) is 11.6 Å². The SMILES string of the molecule is Cc1cc(CCNc2ncnc3nccnc23)ccc1Oc1ccc(C(F)(F)F)cn1. The van der Waals surface area contributed by atoms with Gasteiger partial charge in [-0.1, -0.05) is 12.1 Å². The second kappa shape index (κ2) is 8.50. The van der Waals surface area contributed by atoms with Crippen molar-refractivity contribution in [2.75, 3.05) is 11.9 Å². The maximum atomic E-state index is 12.6. The summed E-state index contributed by atoms with van der Waals surface area (Å²) in [5.74, 6) is 1.24. The van der Waals surface area contributed by atoms with E-state index in [0.29, 0.717) is 35.7 Å². The molecule has 0 atom stereocenters. The molecule has 0 spiro atoms. The summed E-state index contributed by atoms with van der Waals surface area (Å²) >= 11 is 0. The normalized spacial score (nSPS) is 11.5. The first-order valence-corrected chi connectivity index (χ1v) is 9.36. The summed E-state index contributed by atoms with van der Waals surface area (Å²) in [5.41, 5.74) is 2.21. The molecule has 0 amide bonds. The maximum absolute atomic E-state index is 12.6. The van der Waals surface area contributed by atoms with Crippen LogP contribution in [0.3, 0.4) is 0 Å². The van der Waals surface area contributed by atoms with Gasteiger partial charge in [-0.3, -0.25) is 0 Å². The Kier molecular flexibility index (Phi) is 5.61. The zero-order valence-corrected chi connectivity index (χ0v) is 16.4. The number of nitrogens with one attached hydrogen (secondary N) is 1. The molecule has 0 saturated carbocycles. The van der Waals surface area contributed by atoms with E-state index in [1.165, 1.54) is 12.4 Å². The minimum atomic E-state index is -4.43. The lowest BCUT2D eigenvalue weighted by atomic mass is 10.1. The van der Waals surface area contributed by atoms with Gasteiger partial charge in [0.1, 0.15) is 17.6 Å². The van der Waals surface area contributed by atoms with E-state index in [4.69, 9.17) is 4.74 Å². The lowest BCUT2D eigenvalue weighted by Crippen LogP contribution is -2.08. The maximum Gasteiger partial charge on any atom is 0.417 e. The summed E-state index contributed by atoms with van der Waals surface area (Å²) in [7, 11) is 0. The van der Waals surface area contributed by atoms with Crippen LogP contribution in [0, 0.1) is 6.92 Å². The Balaban J connectivity index is 1.38. The molecule has 10 heteroatoms. The van der Waals surface area contributed by atoms with E-state index >= 15 is 0 Å². The highest BCUT2D eigenvalue weighted by Gasteiger charge is 2.30. The molecular formula is C21H17F3N6O. The van der Waals surface area contributed by atoms with Gasteiger partial charge >= 0.3 is 6.18 Å². The average molecular weight is 426 g/mol. The fourth-order valence-electron chi connectivity index (χ4n) is 2.95. The summed E-state index contributed by atoms with van der Waals surface area (Å²) in [4.78, 5) is 20.4. The van der Waals surface area contributed by atoms with Gasteiger partial charge in [-0.2, -0.15) is 13.2 Å². The Morgan fingerprint density at radius 2 is 1.81 bits per heavy atom. The van der Waals surface area contributed by atoms with Gasteiger partial charge in [-0.15, -0.1) is 0 Å². The molecule has 0 aliphatic carbocycles. The molecular weight excluding hydrogens is 409 g/mol. The molecule has 158 valence electrons. The van der Waals surface area contributed by atoms with E-state index in [2.05, 4.69) is 30.2 Å². The highest BCUT2D eigenvalue weighted by molar-refractivity contribution is 5.81. The third-order valence-corrected chi connectivity index (χ3v) is 4.49. The van der Waals surface area contributed by atoms with Crippen LogP contribution in [0.2, 0.25) is 0 Å². The number of aryl methyl sites for hydroxylation is 1. The lowest BCUT2D eigenvalue weighted by molar-refractivity contribution is -0.137. The fourth-order valence-corrected chi connectivity index (χ4v) is 2.95. The first kappa shape index (κ1) is 20.5. The van der Waals surface area contributed by atoms with Crippen molar-refractivity contribution in [3.63, 3.8) is 0 Å². The molecule has 0 saturated heterocycles. The van der Waals surface area contributed by atoms with Crippen LogP contribution in [0.25, 0.3) is 11.2 Å². The van der Waals surface area contributed by atoms with E-state index in [-0.39, 0.29) is 5.88 Å². The number of benzene rings is 1. The van der Waals surface area contributed by atoms with Crippen molar-refractivity contribution in [2.45, 2.75) is 19.5 Å². The molecule has 0 aliphatic rings. The zero-order valence-electron chi connectivity index (χ0n) is 16.4. The predicted molar refractivity (Wildman–Crippen MR) is 108 cm³/mol. The molecule has 7 nitrogen and oxygen atoms in total. The minimum absolute atomic E-state index is 0.0993. The molecule has 0 bridgehead atoms. The van der Waals surface area contributed by atoms with Gasteiger partial charge in [0.05, 0.1) is 5.56 Å². The number of hydrogen-bond donors (Lipinski definition) is 1. The van der Waals surface area contributed by atoms with E-state index in [0.717, 1.165) is 23.4 Å². The molecule has 4 aromatic rings. The second-order valence-corrected chi connectivity index (χ2v) is 6.71. The number of pyridine rings is 1. The molecule has 0 unspecified atom stereocenters. The van der Waals surface area contributed by atoms with E-state index in [9.17, 15) is 13.2 Å². The van der Waals surface area contributed by atoms with Crippen LogP contribution >= 0.6 is 0 Å². The Labute approximate surface area is 175 Å². The molecule has 4 rings (SSSR count). The van der Waals surface area contributed by atoms with Crippen LogP contribution in [-0.4, -0.2) is 31.5 Å². The Morgan fingerprint density at radius 3 is 2.55 bits per heavy atom. The fraction of sp³-hybridized carbons (Fsp3) is 0.190. The van der Waals surface area contributed by atoms with Crippen molar-refractivity contribution in [3.05, 3.63) is 71.9 Å². The van der Waals surface area contributed by atoms with Crippen LogP contribution in [0.5, 0.6) is 11.6 Å². The van der Waals surface area contributed by atoms with Crippen molar-refractivity contribution in [1.82, 2.24) is 24.9 Å². The molecule has 0 aliphatic heterocycles. The number of rotatable bonds is 6. The van der Waals surface area contributed by atoms with Crippen LogP contribution in [0.4, 0.5) is 19.0 Å². The molecule has 0 radical (unpaired) electrons. The standard InChI is InChI=1S/C21H17F3N6O/c1-13-10-14(6-7-26-19-18-20(30-12-29-19)27-9-8-25-18)2-4-16(13)31-17-5-3-15(11-28-17)21(22,23)24/h2-5,8-12H,6-7H2,1H3,(H,26,27,29,30). The third-order valence-electron chi connectivity index (χ3n) is 4.49. The third kappa shape index (κ3) is 4.85. The number of alkyl halides is 3. The minimum Gasteiger partial charge on any atom is -0.439 e. The van der Waals surface area contributed by atoms with Gasteiger partial charge in [-0.05, 0) is 36.6 Å². The van der Waals surface area contributed by atoms with Crippen LogP contribution in [0.1, 0.15) is 16.7 Å². The molecule has 0 fully saturated rings. The van der Waals surface area contributed by atoms with Crippen molar-refractivity contribution < 1.29 is 17.9 Å². The van der Waals surface area contributed by atoms with Crippen molar-refractivity contribution in [1.29, 1.82) is 0 Å². The van der Waals surface area contributed by atoms with Gasteiger partial charge in [0, 0.05) is 31.2 Å². The first-order valence-electron chi connectivity index (χ1n) is 9.36. The quantitative estimate of drug-likeness (QED) is 0.483. The molecule has 31 heavy (non-hydrogen) atoms. The molecule has 1 N–H and O–H groups in total. The van der Waals surface area contributed by atoms with Crippen LogP contribution in [0.15, 0.2) is 55.2 Å². The second-order valence-electron chi connectivity index (χ2n) is 6.71. The number of halogens is 3. The smallest absolute Gasteiger partial charge is 0.417 e. The Hall–Kier alpha value is -3.82. The summed E-state index contributed by atoms with van der Waals surface area (Å²) in [6.07, 6.45) is 1.64. The summed E-state index contributed by atoms with van der Waals surface area (Å²) in [5, 5.41) is 3.24. The molecule has 3 heterocycles. The van der Waals surface area contributed by atoms with Gasteiger partial charge < -0.3 is 10.1 Å². The highest BCUT2D eigenvalue weighted by Crippen LogP contribution is 2.30. The topological polar surface area (TPSA) is 85.7 Å².